The van der Waals surface area contributed by atoms with Crippen LogP contribution in [0.5, 0.6) is 0 Å². The van der Waals surface area contributed by atoms with E-state index in [1.165, 1.54) is 128 Å². The molecule has 0 bridgehead atoms. The van der Waals surface area contributed by atoms with Gasteiger partial charge in [0.05, 0.1) is 32.0 Å². The smallest absolute Gasteiger partial charge is 0.220 e. The zero-order chi connectivity index (χ0) is 45.4. The number of hydrogen-bond donors (Lipinski definition) is 9. The molecule has 2 aliphatic heterocycles. The molecule has 0 radical (unpaired) electrons. The molecule has 0 aliphatic carbocycles. The van der Waals surface area contributed by atoms with Crippen LogP contribution in [0.2, 0.25) is 0 Å². The molecular formula is C48H93NO13. The molecule has 0 spiro atoms. The third-order valence-electron chi connectivity index (χ3n) is 12.8. The van der Waals surface area contributed by atoms with Crippen LogP contribution in [0.15, 0.2) is 0 Å². The highest BCUT2D eigenvalue weighted by molar-refractivity contribution is 5.76. The molecule has 12 atom stereocenters. The van der Waals surface area contributed by atoms with Crippen LogP contribution in [-0.4, -0.2) is 140 Å². The molecule has 2 aliphatic rings. The van der Waals surface area contributed by atoms with Gasteiger partial charge in [0.2, 0.25) is 5.91 Å². The molecule has 368 valence electrons. The van der Waals surface area contributed by atoms with Crippen LogP contribution in [0, 0.1) is 0 Å². The van der Waals surface area contributed by atoms with E-state index in [0.717, 1.165) is 51.4 Å². The Balaban J connectivity index is 1.81. The lowest BCUT2D eigenvalue weighted by Crippen LogP contribution is -2.65. The summed E-state index contributed by atoms with van der Waals surface area (Å²) < 4.78 is 22.7. The molecule has 2 saturated heterocycles. The molecule has 0 aromatic rings. The molecule has 9 N–H and O–H groups in total. The first kappa shape index (κ1) is 57.1. The summed E-state index contributed by atoms with van der Waals surface area (Å²) in [4.78, 5) is 13.2. The number of aliphatic hydroxyl groups excluding tert-OH is 8. The van der Waals surface area contributed by atoms with Gasteiger partial charge in [0.1, 0.15) is 48.8 Å². The van der Waals surface area contributed by atoms with Gasteiger partial charge in [-0.3, -0.25) is 4.79 Å². The molecule has 4 unspecified atom stereocenters. The van der Waals surface area contributed by atoms with E-state index in [1.54, 1.807) is 0 Å². The van der Waals surface area contributed by atoms with Gasteiger partial charge in [-0.25, -0.2) is 0 Å². The van der Waals surface area contributed by atoms with Crippen molar-refractivity contribution in [1.82, 2.24) is 5.32 Å². The predicted molar refractivity (Wildman–Crippen MR) is 240 cm³/mol. The van der Waals surface area contributed by atoms with Gasteiger partial charge < -0.3 is 65.1 Å². The third-order valence-corrected chi connectivity index (χ3v) is 12.8. The number of unbranched alkanes of at least 4 members (excludes halogenated alkanes) is 26. The van der Waals surface area contributed by atoms with E-state index >= 15 is 0 Å². The van der Waals surface area contributed by atoms with Crippen LogP contribution in [0.25, 0.3) is 0 Å². The highest BCUT2D eigenvalue weighted by Gasteiger charge is 2.51. The topological polar surface area (TPSA) is 228 Å². The standard InChI is InChI=1S/C48H93NO13/c1-3-5-7-9-11-13-15-16-17-18-19-20-22-24-26-28-30-32-40(53)49-36(37(52)31-29-27-25-23-21-14-12-10-8-6-4-2)35-59-47-45(58)43(56)46(39(34-51)61-47)62-48-44(57)42(55)41(54)38(33-50)60-48/h36-39,41-48,50-52,54-58H,3-35H2,1-2H3,(H,49,53)/t36-,37+,38+,39+,41-,42?,43?,44?,45?,46+,47+,48-/m0/s1. The number of nitrogens with one attached hydrogen (secondary N) is 1. The van der Waals surface area contributed by atoms with Gasteiger partial charge in [0, 0.05) is 6.42 Å². The first-order chi connectivity index (χ1) is 30.1. The second-order valence-corrected chi connectivity index (χ2v) is 18.3. The average molecular weight is 892 g/mol. The number of ether oxygens (including phenoxy) is 4. The summed E-state index contributed by atoms with van der Waals surface area (Å²) >= 11 is 0. The van der Waals surface area contributed by atoms with E-state index < -0.39 is 86.8 Å². The predicted octanol–water partition coefficient (Wildman–Crippen LogP) is 6.22. The Labute approximate surface area is 374 Å². The van der Waals surface area contributed by atoms with Crippen LogP contribution in [0.4, 0.5) is 0 Å². The van der Waals surface area contributed by atoms with Crippen LogP contribution in [0.3, 0.4) is 0 Å². The van der Waals surface area contributed by atoms with Gasteiger partial charge in [-0.05, 0) is 12.8 Å². The third kappa shape index (κ3) is 23.4. The van der Waals surface area contributed by atoms with Crippen LogP contribution < -0.4 is 5.32 Å². The minimum Gasteiger partial charge on any atom is -0.394 e. The van der Waals surface area contributed by atoms with Gasteiger partial charge in [-0.2, -0.15) is 0 Å². The number of carbonyl (C=O) groups excluding carboxylic acids is 1. The second kappa shape index (κ2) is 36.2. The lowest BCUT2D eigenvalue weighted by molar-refractivity contribution is -0.359. The van der Waals surface area contributed by atoms with Gasteiger partial charge in [0.15, 0.2) is 12.6 Å². The largest absolute Gasteiger partial charge is 0.394 e. The Morgan fingerprint density at radius 1 is 0.516 bits per heavy atom. The highest BCUT2D eigenvalue weighted by atomic mass is 16.7. The monoisotopic (exact) mass is 892 g/mol. The van der Waals surface area contributed by atoms with Crippen molar-refractivity contribution in [1.29, 1.82) is 0 Å². The quantitative estimate of drug-likeness (QED) is 0.0313. The Kier molecular flexibility index (Phi) is 33.3. The molecule has 2 rings (SSSR count). The van der Waals surface area contributed by atoms with Crippen molar-refractivity contribution < 1.29 is 64.6 Å². The van der Waals surface area contributed by atoms with Crippen molar-refractivity contribution in [3.05, 3.63) is 0 Å². The lowest BCUT2D eigenvalue weighted by Gasteiger charge is -2.46. The summed E-state index contributed by atoms with van der Waals surface area (Å²) in [6, 6.07) is -0.819. The van der Waals surface area contributed by atoms with Gasteiger partial charge >= 0.3 is 0 Å². The van der Waals surface area contributed by atoms with E-state index in [0.29, 0.717) is 12.8 Å². The summed E-state index contributed by atoms with van der Waals surface area (Å²) in [6.45, 7) is 2.85. The van der Waals surface area contributed by atoms with Crippen molar-refractivity contribution in [2.45, 2.75) is 280 Å². The second-order valence-electron chi connectivity index (χ2n) is 18.3. The Morgan fingerprint density at radius 2 is 0.919 bits per heavy atom. The number of hydrogen-bond acceptors (Lipinski definition) is 13. The summed E-state index contributed by atoms with van der Waals surface area (Å²) in [5, 5.41) is 86.8. The minimum absolute atomic E-state index is 0.205. The first-order valence-electron chi connectivity index (χ1n) is 25.3. The molecule has 14 nitrogen and oxygen atoms in total. The van der Waals surface area contributed by atoms with Crippen molar-refractivity contribution >= 4 is 5.91 Å². The van der Waals surface area contributed by atoms with Crippen LogP contribution >= 0.6 is 0 Å². The summed E-state index contributed by atoms with van der Waals surface area (Å²) in [5.41, 5.74) is 0. The van der Waals surface area contributed by atoms with E-state index in [2.05, 4.69) is 19.2 Å². The fraction of sp³-hybridized carbons (Fsp3) is 0.979. The van der Waals surface area contributed by atoms with E-state index in [9.17, 15) is 45.6 Å². The molecule has 1 amide bonds. The van der Waals surface area contributed by atoms with Gasteiger partial charge in [0.25, 0.3) is 0 Å². The zero-order valence-corrected chi connectivity index (χ0v) is 38.9. The molecular weight excluding hydrogens is 799 g/mol. The van der Waals surface area contributed by atoms with Crippen molar-refractivity contribution in [3.8, 4) is 0 Å². The van der Waals surface area contributed by atoms with Crippen LogP contribution in [0.1, 0.15) is 206 Å². The maximum atomic E-state index is 13.2. The number of amides is 1. The zero-order valence-electron chi connectivity index (χ0n) is 38.9. The van der Waals surface area contributed by atoms with Gasteiger partial charge in [-0.1, -0.05) is 187 Å². The molecule has 0 aromatic heterocycles. The fourth-order valence-electron chi connectivity index (χ4n) is 8.65. The number of aliphatic hydroxyl groups is 8. The summed E-state index contributed by atoms with van der Waals surface area (Å²) in [7, 11) is 0. The number of rotatable bonds is 39. The maximum absolute atomic E-state index is 13.2. The van der Waals surface area contributed by atoms with Crippen molar-refractivity contribution in [3.63, 3.8) is 0 Å². The number of carbonyl (C=O) groups is 1. The minimum atomic E-state index is -1.78. The van der Waals surface area contributed by atoms with E-state index in [4.69, 9.17) is 18.9 Å². The molecule has 62 heavy (non-hydrogen) atoms. The SMILES string of the molecule is CCCCCCCCCCCCCCCCCCCC(=O)N[C@@H](CO[C@@H]1O[C@H](CO)[C@@H](O[C@@H]2O[C@H](CO)[C@H](O)C(O)C2O)C(O)C1O)[C@H](O)CCCCCCCCCCCCC. The molecule has 0 aromatic carbocycles. The molecule has 14 heteroatoms. The maximum Gasteiger partial charge on any atom is 0.220 e. The van der Waals surface area contributed by atoms with E-state index in [-0.39, 0.29) is 12.5 Å². The summed E-state index contributed by atoms with van der Waals surface area (Å²) in [6.07, 6.45) is 18.2. The Hall–Kier alpha value is -1.01. The average Bonchev–Trinajstić information content (AvgIpc) is 3.27. The van der Waals surface area contributed by atoms with E-state index in [1.807, 2.05) is 0 Å². The highest BCUT2D eigenvalue weighted by Crippen LogP contribution is 2.30. The van der Waals surface area contributed by atoms with Crippen LogP contribution in [-0.2, 0) is 23.7 Å². The lowest BCUT2D eigenvalue weighted by atomic mass is 9.97. The Bertz CT molecular complexity index is 1060. The summed E-state index contributed by atoms with van der Waals surface area (Å²) in [5.74, 6) is -0.205. The first-order valence-corrected chi connectivity index (χ1v) is 25.3. The van der Waals surface area contributed by atoms with Crippen molar-refractivity contribution in [2.24, 2.45) is 0 Å². The molecule has 2 fully saturated rings. The van der Waals surface area contributed by atoms with Crippen molar-refractivity contribution in [2.75, 3.05) is 19.8 Å². The van der Waals surface area contributed by atoms with Gasteiger partial charge in [-0.15, -0.1) is 0 Å². The normalized spacial score (nSPS) is 27.6. The molecule has 2 heterocycles. The molecule has 0 saturated carbocycles. The fourth-order valence-corrected chi connectivity index (χ4v) is 8.65. The Morgan fingerprint density at radius 3 is 1.37 bits per heavy atom.